The average Bonchev–Trinajstić information content (AvgIpc) is 2.43. The van der Waals surface area contributed by atoms with E-state index < -0.39 is 29.4 Å². The number of hydrogen-bond donors (Lipinski definition) is 1. The van der Waals surface area contributed by atoms with Gasteiger partial charge < -0.3 is 5.73 Å². The lowest BCUT2D eigenvalue weighted by Gasteiger charge is -2.14. The zero-order valence-electron chi connectivity index (χ0n) is 10.8. The molecule has 0 heterocycles. The highest BCUT2D eigenvalue weighted by molar-refractivity contribution is 5.29. The van der Waals surface area contributed by atoms with Crippen molar-refractivity contribution < 1.29 is 22.0 Å². The first kappa shape index (κ1) is 15.4. The number of alkyl halides is 3. The topological polar surface area (TPSA) is 26.0 Å². The van der Waals surface area contributed by atoms with Crippen molar-refractivity contribution in [1.29, 1.82) is 0 Å². The minimum absolute atomic E-state index is 0.00500. The van der Waals surface area contributed by atoms with Gasteiger partial charge in [0, 0.05) is 6.04 Å². The van der Waals surface area contributed by atoms with E-state index >= 15 is 0 Å². The predicted octanol–water partition coefficient (Wildman–Crippen LogP) is 4.23. The van der Waals surface area contributed by atoms with Crippen LogP contribution in [-0.4, -0.2) is 0 Å². The van der Waals surface area contributed by atoms with Gasteiger partial charge in [-0.2, -0.15) is 13.2 Å². The fourth-order valence-electron chi connectivity index (χ4n) is 1.98. The maximum atomic E-state index is 13.5. The Bertz CT molecular complexity index is 619. The molecular weight excluding hydrogens is 289 g/mol. The average molecular weight is 301 g/mol. The second-order valence-corrected chi connectivity index (χ2v) is 4.64. The Balaban J connectivity index is 2.17. The fourth-order valence-corrected chi connectivity index (χ4v) is 1.98. The highest BCUT2D eigenvalue weighted by atomic mass is 19.4. The van der Waals surface area contributed by atoms with E-state index in [0.717, 1.165) is 18.2 Å². The lowest BCUT2D eigenvalue weighted by Crippen LogP contribution is -2.15. The summed E-state index contributed by atoms with van der Waals surface area (Å²) in [5.41, 5.74) is 5.56. The van der Waals surface area contributed by atoms with Crippen molar-refractivity contribution >= 4 is 0 Å². The lowest BCUT2D eigenvalue weighted by atomic mass is 9.98. The van der Waals surface area contributed by atoms with Crippen LogP contribution in [0.2, 0.25) is 0 Å². The first-order valence-electron chi connectivity index (χ1n) is 6.14. The Labute approximate surface area is 118 Å². The molecule has 1 atom stereocenters. The van der Waals surface area contributed by atoms with Crippen molar-refractivity contribution in [3.8, 4) is 0 Å². The molecule has 0 saturated heterocycles. The molecule has 0 aliphatic rings. The molecule has 1 unspecified atom stereocenters. The number of hydrogen-bond acceptors (Lipinski definition) is 1. The van der Waals surface area contributed by atoms with Gasteiger partial charge >= 0.3 is 6.18 Å². The van der Waals surface area contributed by atoms with E-state index in [4.69, 9.17) is 5.73 Å². The molecule has 0 fully saturated rings. The summed E-state index contributed by atoms with van der Waals surface area (Å²) in [6, 6.07) is 7.32. The normalized spacial score (nSPS) is 13.2. The maximum absolute atomic E-state index is 13.5. The van der Waals surface area contributed by atoms with Gasteiger partial charge in [-0.15, -0.1) is 0 Å². The molecule has 0 aliphatic heterocycles. The van der Waals surface area contributed by atoms with Crippen molar-refractivity contribution in [1.82, 2.24) is 0 Å². The molecule has 0 radical (unpaired) electrons. The van der Waals surface area contributed by atoms with E-state index in [1.54, 1.807) is 0 Å². The van der Waals surface area contributed by atoms with E-state index in [1.807, 2.05) is 0 Å². The second kappa shape index (κ2) is 5.81. The molecule has 2 aromatic rings. The van der Waals surface area contributed by atoms with Crippen LogP contribution in [0.3, 0.4) is 0 Å². The molecule has 0 aromatic heterocycles. The molecule has 0 aliphatic carbocycles. The molecular formula is C15H12F5N. The summed E-state index contributed by atoms with van der Waals surface area (Å²) < 4.78 is 63.9. The minimum atomic E-state index is -4.42. The third-order valence-electron chi connectivity index (χ3n) is 3.14. The maximum Gasteiger partial charge on any atom is 0.416 e. The summed E-state index contributed by atoms with van der Waals surface area (Å²) in [5, 5.41) is 0. The summed E-state index contributed by atoms with van der Waals surface area (Å²) in [5.74, 6) is -1.97. The van der Waals surface area contributed by atoms with Crippen molar-refractivity contribution in [2.45, 2.75) is 18.6 Å². The summed E-state index contributed by atoms with van der Waals surface area (Å²) in [6.45, 7) is 0. The van der Waals surface area contributed by atoms with Gasteiger partial charge in [-0.25, -0.2) is 8.78 Å². The Morgan fingerprint density at radius 1 is 0.952 bits per heavy atom. The largest absolute Gasteiger partial charge is 0.416 e. The predicted molar refractivity (Wildman–Crippen MR) is 68.4 cm³/mol. The van der Waals surface area contributed by atoms with Crippen molar-refractivity contribution in [3.05, 3.63) is 70.8 Å². The Morgan fingerprint density at radius 2 is 1.57 bits per heavy atom. The summed E-state index contributed by atoms with van der Waals surface area (Å²) in [4.78, 5) is 0. The van der Waals surface area contributed by atoms with Crippen molar-refractivity contribution in [3.63, 3.8) is 0 Å². The smallest absolute Gasteiger partial charge is 0.324 e. The number of benzene rings is 2. The third-order valence-corrected chi connectivity index (χ3v) is 3.14. The molecule has 0 bridgehead atoms. The van der Waals surface area contributed by atoms with Crippen LogP contribution in [-0.2, 0) is 12.6 Å². The fraction of sp³-hybridized carbons (Fsp3) is 0.200. The lowest BCUT2D eigenvalue weighted by molar-refractivity contribution is -0.137. The Hall–Kier alpha value is -1.95. The third kappa shape index (κ3) is 3.58. The monoisotopic (exact) mass is 301 g/mol. The van der Waals surface area contributed by atoms with Crippen LogP contribution in [0.1, 0.15) is 22.7 Å². The zero-order chi connectivity index (χ0) is 15.6. The number of nitrogens with two attached hydrogens (primary N) is 1. The molecule has 6 heteroatoms. The molecule has 0 amide bonds. The van der Waals surface area contributed by atoms with Crippen molar-refractivity contribution in [2.75, 3.05) is 0 Å². The van der Waals surface area contributed by atoms with Gasteiger partial charge in [0.1, 0.15) is 0 Å². The van der Waals surface area contributed by atoms with Crippen LogP contribution in [0, 0.1) is 11.6 Å². The minimum Gasteiger partial charge on any atom is -0.324 e. The quantitative estimate of drug-likeness (QED) is 0.844. The molecule has 112 valence electrons. The van der Waals surface area contributed by atoms with Crippen molar-refractivity contribution in [2.24, 2.45) is 5.73 Å². The first-order chi connectivity index (χ1) is 9.79. The highest BCUT2D eigenvalue weighted by Crippen LogP contribution is 2.30. The van der Waals surface area contributed by atoms with Crippen LogP contribution in [0.5, 0.6) is 0 Å². The summed E-state index contributed by atoms with van der Waals surface area (Å²) in [6.07, 6.45) is -4.42. The molecule has 2 rings (SSSR count). The van der Waals surface area contributed by atoms with Gasteiger partial charge in [-0.05, 0) is 35.7 Å². The standard InChI is InChI=1S/C15H12F5N/c16-12-3-1-2-10(14(12)17)8-13(21)9-4-6-11(7-5-9)15(18,19)20/h1-7,13H,8,21H2. The molecule has 0 spiro atoms. The van der Waals surface area contributed by atoms with Gasteiger partial charge in [-0.3, -0.25) is 0 Å². The van der Waals surface area contributed by atoms with Gasteiger partial charge in [0.05, 0.1) is 5.56 Å². The molecule has 2 N–H and O–H groups in total. The van der Waals surface area contributed by atoms with Gasteiger partial charge in [-0.1, -0.05) is 24.3 Å². The zero-order valence-corrected chi connectivity index (χ0v) is 10.8. The number of halogens is 5. The van der Waals surface area contributed by atoms with Crippen LogP contribution in [0.25, 0.3) is 0 Å². The SMILES string of the molecule is NC(Cc1cccc(F)c1F)c1ccc(C(F)(F)F)cc1. The first-order valence-corrected chi connectivity index (χ1v) is 6.14. The molecule has 0 saturated carbocycles. The van der Waals surface area contributed by atoms with E-state index in [0.29, 0.717) is 5.56 Å². The summed E-state index contributed by atoms with van der Waals surface area (Å²) in [7, 11) is 0. The molecule has 1 nitrogen and oxygen atoms in total. The molecule has 21 heavy (non-hydrogen) atoms. The van der Waals surface area contributed by atoms with Crippen LogP contribution in [0.4, 0.5) is 22.0 Å². The Kier molecular flexibility index (Phi) is 4.27. The van der Waals surface area contributed by atoms with Gasteiger partial charge in [0.15, 0.2) is 11.6 Å². The second-order valence-electron chi connectivity index (χ2n) is 4.64. The van der Waals surface area contributed by atoms with Crippen LogP contribution in [0.15, 0.2) is 42.5 Å². The highest BCUT2D eigenvalue weighted by Gasteiger charge is 2.30. The summed E-state index contributed by atoms with van der Waals surface area (Å²) >= 11 is 0. The van der Waals surface area contributed by atoms with E-state index in [-0.39, 0.29) is 12.0 Å². The van der Waals surface area contributed by atoms with Gasteiger partial charge in [0.25, 0.3) is 0 Å². The van der Waals surface area contributed by atoms with Crippen LogP contribution >= 0.6 is 0 Å². The van der Waals surface area contributed by atoms with Crippen LogP contribution < -0.4 is 5.73 Å². The Morgan fingerprint density at radius 3 is 2.14 bits per heavy atom. The molecule has 2 aromatic carbocycles. The van der Waals surface area contributed by atoms with Gasteiger partial charge in [0.2, 0.25) is 0 Å². The van der Waals surface area contributed by atoms with E-state index in [2.05, 4.69) is 0 Å². The van der Waals surface area contributed by atoms with E-state index in [9.17, 15) is 22.0 Å². The van der Waals surface area contributed by atoms with E-state index in [1.165, 1.54) is 24.3 Å². The number of rotatable bonds is 3.